The van der Waals surface area contributed by atoms with Crippen LogP contribution in [0.4, 0.5) is 5.82 Å². The van der Waals surface area contributed by atoms with Gasteiger partial charge >= 0.3 is 0 Å². The zero-order valence-electron chi connectivity index (χ0n) is 13.1. The van der Waals surface area contributed by atoms with E-state index in [2.05, 4.69) is 36.1 Å². The van der Waals surface area contributed by atoms with Gasteiger partial charge in [0.2, 0.25) is 0 Å². The Morgan fingerprint density at radius 2 is 2.05 bits per heavy atom. The first-order valence-electron chi connectivity index (χ1n) is 7.53. The molecule has 0 atom stereocenters. The number of aryl methyl sites for hydroxylation is 1. The van der Waals surface area contributed by atoms with Gasteiger partial charge in [-0.1, -0.05) is 40.0 Å². The number of fused-ring (bicyclic) bond motifs is 1. The van der Waals surface area contributed by atoms with E-state index in [4.69, 9.17) is 0 Å². The number of unbranched alkanes of at least 4 members (excludes halogenated alkanes) is 2. The predicted molar refractivity (Wildman–Crippen MR) is 84.9 cm³/mol. The first-order chi connectivity index (χ1) is 9.53. The van der Waals surface area contributed by atoms with E-state index in [1.807, 2.05) is 30.2 Å². The monoisotopic (exact) mass is 274 g/mol. The van der Waals surface area contributed by atoms with E-state index in [-0.39, 0.29) is 5.41 Å². The number of nitrogens with one attached hydrogen (secondary N) is 1. The molecule has 0 saturated heterocycles. The lowest BCUT2D eigenvalue weighted by atomic mass is 9.87. The van der Waals surface area contributed by atoms with Gasteiger partial charge in [0.05, 0.1) is 11.8 Å². The van der Waals surface area contributed by atoms with Crippen LogP contribution in [0.5, 0.6) is 0 Å². The first-order valence-corrected chi connectivity index (χ1v) is 7.53. The molecular formula is C16H26N4. The van der Waals surface area contributed by atoms with Crippen molar-refractivity contribution in [2.75, 3.05) is 11.9 Å². The van der Waals surface area contributed by atoms with Gasteiger partial charge in [0.1, 0.15) is 5.52 Å². The molecule has 20 heavy (non-hydrogen) atoms. The van der Waals surface area contributed by atoms with Crippen molar-refractivity contribution in [3.05, 3.63) is 18.6 Å². The summed E-state index contributed by atoms with van der Waals surface area (Å²) in [5.41, 5.74) is 2.36. The summed E-state index contributed by atoms with van der Waals surface area (Å²) in [5.74, 6) is 0.895. The van der Waals surface area contributed by atoms with Gasteiger partial charge in [0, 0.05) is 19.8 Å². The number of hydrogen-bond donors (Lipinski definition) is 1. The fraction of sp³-hybridized carbons (Fsp3) is 0.625. The second-order valence-electron chi connectivity index (χ2n) is 6.36. The molecule has 2 rings (SSSR count). The third kappa shape index (κ3) is 3.50. The maximum atomic E-state index is 4.43. The number of anilines is 1. The van der Waals surface area contributed by atoms with E-state index >= 15 is 0 Å². The fourth-order valence-corrected chi connectivity index (χ4v) is 2.46. The van der Waals surface area contributed by atoms with Crippen LogP contribution in [-0.2, 0) is 7.05 Å². The molecule has 0 spiro atoms. The van der Waals surface area contributed by atoms with Crippen molar-refractivity contribution in [3.63, 3.8) is 0 Å². The Morgan fingerprint density at radius 1 is 1.25 bits per heavy atom. The van der Waals surface area contributed by atoms with Crippen LogP contribution in [-0.4, -0.2) is 21.1 Å². The van der Waals surface area contributed by atoms with Crippen molar-refractivity contribution in [1.29, 1.82) is 0 Å². The average Bonchev–Trinajstić information content (AvgIpc) is 2.79. The highest BCUT2D eigenvalue weighted by atomic mass is 15.1. The summed E-state index contributed by atoms with van der Waals surface area (Å²) in [6.45, 7) is 7.80. The van der Waals surface area contributed by atoms with Gasteiger partial charge in [-0.15, -0.1) is 0 Å². The number of imidazole rings is 1. The van der Waals surface area contributed by atoms with E-state index in [0.717, 1.165) is 23.4 Å². The van der Waals surface area contributed by atoms with Crippen molar-refractivity contribution in [2.24, 2.45) is 12.5 Å². The lowest BCUT2D eigenvalue weighted by Crippen LogP contribution is -2.23. The minimum Gasteiger partial charge on any atom is -0.368 e. The molecule has 4 heteroatoms. The van der Waals surface area contributed by atoms with E-state index in [0.29, 0.717) is 0 Å². The van der Waals surface area contributed by atoms with Crippen LogP contribution in [0.1, 0.15) is 46.5 Å². The molecule has 0 bridgehead atoms. The topological polar surface area (TPSA) is 42.7 Å². The van der Waals surface area contributed by atoms with Gasteiger partial charge < -0.3 is 9.88 Å². The Bertz CT molecular complexity index is 557. The molecule has 2 heterocycles. The minimum absolute atomic E-state index is 0.286. The molecule has 1 N–H and O–H groups in total. The molecule has 2 aromatic rings. The van der Waals surface area contributed by atoms with Gasteiger partial charge in [0.25, 0.3) is 0 Å². The van der Waals surface area contributed by atoms with Crippen molar-refractivity contribution >= 4 is 16.9 Å². The van der Waals surface area contributed by atoms with Crippen molar-refractivity contribution in [1.82, 2.24) is 14.5 Å². The highest BCUT2D eigenvalue weighted by Gasteiger charge is 2.18. The highest BCUT2D eigenvalue weighted by Crippen LogP contribution is 2.25. The molecule has 0 amide bonds. The Morgan fingerprint density at radius 3 is 2.80 bits per heavy atom. The summed E-state index contributed by atoms with van der Waals surface area (Å²) in [5, 5.41) is 3.48. The third-order valence-corrected chi connectivity index (χ3v) is 3.83. The van der Waals surface area contributed by atoms with Crippen molar-refractivity contribution in [2.45, 2.75) is 46.5 Å². The number of hydrogen-bond acceptors (Lipinski definition) is 3. The van der Waals surface area contributed by atoms with E-state index in [1.165, 1.54) is 25.7 Å². The Kier molecular flexibility index (Phi) is 4.63. The Balaban J connectivity index is 2.02. The zero-order valence-corrected chi connectivity index (χ0v) is 13.1. The average molecular weight is 274 g/mol. The van der Waals surface area contributed by atoms with Crippen LogP contribution in [0.3, 0.4) is 0 Å². The summed E-state index contributed by atoms with van der Waals surface area (Å²) >= 11 is 0. The molecule has 110 valence electrons. The summed E-state index contributed by atoms with van der Waals surface area (Å²) in [6.07, 6.45) is 8.81. The molecule has 0 saturated carbocycles. The molecule has 2 aromatic heterocycles. The van der Waals surface area contributed by atoms with Crippen LogP contribution in [0.25, 0.3) is 11.0 Å². The standard InChI is InChI=1S/C16H26N4/c1-5-6-7-9-16(2,3)11-18-15-14-13(8-10-17-15)20(4)12-19-14/h8,10,12H,5-7,9,11H2,1-4H3,(H,17,18). The van der Waals surface area contributed by atoms with E-state index in [9.17, 15) is 0 Å². The molecule has 0 radical (unpaired) electrons. The van der Waals surface area contributed by atoms with Gasteiger partial charge in [0.15, 0.2) is 5.82 Å². The smallest absolute Gasteiger partial charge is 0.154 e. The minimum atomic E-state index is 0.286. The predicted octanol–water partition coefficient (Wildman–Crippen LogP) is 3.99. The zero-order chi connectivity index (χ0) is 14.6. The summed E-state index contributed by atoms with van der Waals surface area (Å²) < 4.78 is 2.02. The first kappa shape index (κ1) is 14.8. The summed E-state index contributed by atoms with van der Waals surface area (Å²) in [6, 6.07) is 2.00. The Labute approximate surface area is 121 Å². The number of rotatable bonds is 7. The van der Waals surface area contributed by atoms with Gasteiger partial charge in [-0.25, -0.2) is 9.97 Å². The molecule has 4 nitrogen and oxygen atoms in total. The second kappa shape index (κ2) is 6.25. The molecule has 0 aromatic carbocycles. The quantitative estimate of drug-likeness (QED) is 0.776. The largest absolute Gasteiger partial charge is 0.368 e. The number of aromatic nitrogens is 3. The van der Waals surface area contributed by atoms with Crippen LogP contribution >= 0.6 is 0 Å². The Hall–Kier alpha value is -1.58. The van der Waals surface area contributed by atoms with Gasteiger partial charge in [-0.3, -0.25) is 0 Å². The maximum Gasteiger partial charge on any atom is 0.154 e. The summed E-state index contributed by atoms with van der Waals surface area (Å²) in [7, 11) is 2.01. The molecule has 0 unspecified atom stereocenters. The third-order valence-electron chi connectivity index (χ3n) is 3.83. The van der Waals surface area contributed by atoms with Crippen molar-refractivity contribution in [3.8, 4) is 0 Å². The fourth-order valence-electron chi connectivity index (χ4n) is 2.46. The van der Waals surface area contributed by atoms with Gasteiger partial charge in [-0.05, 0) is 17.9 Å². The number of nitrogens with zero attached hydrogens (tertiary/aromatic N) is 3. The van der Waals surface area contributed by atoms with Crippen molar-refractivity contribution < 1.29 is 0 Å². The lowest BCUT2D eigenvalue weighted by molar-refractivity contribution is 0.342. The normalized spacial score (nSPS) is 12.0. The SMILES string of the molecule is CCCCCC(C)(C)CNc1nccc2c1ncn2C. The van der Waals surface area contributed by atoms with Crippen LogP contribution < -0.4 is 5.32 Å². The van der Waals surface area contributed by atoms with Gasteiger partial charge in [-0.2, -0.15) is 0 Å². The molecular weight excluding hydrogens is 248 g/mol. The second-order valence-corrected chi connectivity index (χ2v) is 6.36. The maximum absolute atomic E-state index is 4.43. The molecule has 0 fully saturated rings. The van der Waals surface area contributed by atoms with Crippen LogP contribution in [0.2, 0.25) is 0 Å². The highest BCUT2D eigenvalue weighted by molar-refractivity contribution is 5.85. The van der Waals surface area contributed by atoms with E-state index < -0.39 is 0 Å². The molecule has 0 aliphatic rings. The summed E-state index contributed by atoms with van der Waals surface area (Å²) in [4.78, 5) is 8.87. The molecule has 0 aliphatic carbocycles. The lowest BCUT2D eigenvalue weighted by Gasteiger charge is -2.25. The molecule has 0 aliphatic heterocycles. The van der Waals surface area contributed by atoms with Crippen LogP contribution in [0.15, 0.2) is 18.6 Å². The van der Waals surface area contributed by atoms with Crippen LogP contribution in [0, 0.1) is 5.41 Å². The number of pyridine rings is 1. The van der Waals surface area contributed by atoms with E-state index in [1.54, 1.807) is 0 Å².